The van der Waals surface area contributed by atoms with Gasteiger partial charge in [0.1, 0.15) is 5.01 Å². The Kier molecular flexibility index (Phi) is 3.31. The van der Waals surface area contributed by atoms with Crippen molar-refractivity contribution in [1.29, 1.82) is 0 Å². The number of rotatable bonds is 3. The van der Waals surface area contributed by atoms with Crippen LogP contribution >= 0.6 is 11.3 Å². The van der Waals surface area contributed by atoms with Crippen molar-refractivity contribution in [2.75, 3.05) is 6.61 Å². The lowest BCUT2D eigenvalue weighted by molar-refractivity contribution is -0.110. The van der Waals surface area contributed by atoms with Gasteiger partial charge in [-0.3, -0.25) is 4.79 Å². The number of ketones is 1. The Morgan fingerprint density at radius 3 is 2.85 bits per heavy atom. The third-order valence-corrected chi connectivity index (χ3v) is 4.49. The van der Waals surface area contributed by atoms with Crippen molar-refractivity contribution in [2.45, 2.75) is 25.4 Å². The lowest BCUT2D eigenvalue weighted by Gasteiger charge is -2.19. The molecule has 0 saturated carbocycles. The molecule has 0 atom stereocenters. The number of carbonyl (C=O) groups is 1. The van der Waals surface area contributed by atoms with Gasteiger partial charge in [-0.05, 0) is 43.7 Å². The van der Waals surface area contributed by atoms with Crippen molar-refractivity contribution >= 4 is 23.2 Å². The van der Waals surface area contributed by atoms with Crippen LogP contribution in [0.25, 0.3) is 6.08 Å². The molecule has 3 rings (SSSR count). The van der Waals surface area contributed by atoms with E-state index in [1.807, 2.05) is 13.0 Å². The lowest BCUT2D eigenvalue weighted by atomic mass is 9.98. The largest absolute Gasteiger partial charge is 0.498 e. The highest BCUT2D eigenvalue weighted by Gasteiger charge is 2.31. The van der Waals surface area contributed by atoms with Crippen molar-refractivity contribution in [3.63, 3.8) is 0 Å². The fourth-order valence-electron chi connectivity index (χ4n) is 2.26. The zero-order chi connectivity index (χ0) is 14.2. The molecule has 1 aromatic rings. The first-order valence-corrected chi connectivity index (χ1v) is 7.41. The first-order valence-electron chi connectivity index (χ1n) is 6.59. The summed E-state index contributed by atoms with van der Waals surface area (Å²) in [5.41, 5.74) is -0.282. The van der Waals surface area contributed by atoms with Crippen molar-refractivity contribution in [3.05, 3.63) is 45.6 Å². The second-order valence-corrected chi connectivity index (χ2v) is 5.80. The van der Waals surface area contributed by atoms with Crippen LogP contribution in [0.15, 0.2) is 30.1 Å². The summed E-state index contributed by atoms with van der Waals surface area (Å²) in [6.07, 6.45) is 9.39. The van der Waals surface area contributed by atoms with Gasteiger partial charge in [-0.1, -0.05) is 0 Å². The van der Waals surface area contributed by atoms with E-state index in [0.717, 1.165) is 29.2 Å². The molecule has 0 fully saturated rings. The Bertz CT molecular complexity index is 624. The van der Waals surface area contributed by atoms with Gasteiger partial charge in [0.15, 0.2) is 11.4 Å². The summed E-state index contributed by atoms with van der Waals surface area (Å²) in [5, 5.41) is 11.1. The SMILES string of the molecule is CCOC1=Cc2sc(C3(O)C=CC(=O)C=C3)nc2CC1. The molecule has 2 aliphatic carbocycles. The van der Waals surface area contributed by atoms with Crippen molar-refractivity contribution in [1.82, 2.24) is 4.98 Å². The predicted molar refractivity (Wildman–Crippen MR) is 77.2 cm³/mol. The Morgan fingerprint density at radius 1 is 1.40 bits per heavy atom. The molecule has 0 spiro atoms. The Hall–Kier alpha value is -1.72. The van der Waals surface area contributed by atoms with Gasteiger partial charge in [-0.25, -0.2) is 4.98 Å². The minimum atomic E-state index is -1.27. The first-order chi connectivity index (χ1) is 9.60. The minimum Gasteiger partial charge on any atom is -0.498 e. The van der Waals surface area contributed by atoms with E-state index in [1.54, 1.807) is 0 Å². The van der Waals surface area contributed by atoms with Crippen molar-refractivity contribution < 1.29 is 14.6 Å². The maximum Gasteiger partial charge on any atom is 0.178 e. The average Bonchev–Trinajstić information content (AvgIpc) is 2.87. The lowest BCUT2D eigenvalue weighted by Crippen LogP contribution is -2.22. The van der Waals surface area contributed by atoms with E-state index >= 15 is 0 Å². The van der Waals surface area contributed by atoms with Gasteiger partial charge >= 0.3 is 0 Å². The summed E-state index contributed by atoms with van der Waals surface area (Å²) in [5.74, 6) is 0.849. The van der Waals surface area contributed by atoms with E-state index < -0.39 is 5.60 Å². The Balaban J connectivity index is 1.93. The van der Waals surface area contributed by atoms with Gasteiger partial charge in [-0.2, -0.15) is 0 Å². The zero-order valence-corrected chi connectivity index (χ0v) is 11.9. The molecule has 0 unspecified atom stereocenters. The number of hydrogen-bond donors (Lipinski definition) is 1. The van der Waals surface area contributed by atoms with E-state index in [-0.39, 0.29) is 5.78 Å². The number of hydrogen-bond acceptors (Lipinski definition) is 5. The van der Waals surface area contributed by atoms with Crippen LogP contribution in [0.5, 0.6) is 0 Å². The Morgan fingerprint density at radius 2 is 2.15 bits per heavy atom. The molecule has 4 nitrogen and oxygen atoms in total. The second kappa shape index (κ2) is 5.00. The highest BCUT2D eigenvalue weighted by Crippen LogP contribution is 2.36. The van der Waals surface area contributed by atoms with Gasteiger partial charge in [0.2, 0.25) is 0 Å². The smallest absolute Gasteiger partial charge is 0.178 e. The van der Waals surface area contributed by atoms with Crippen LogP contribution in [0.1, 0.15) is 28.9 Å². The van der Waals surface area contributed by atoms with E-state index in [0.29, 0.717) is 11.6 Å². The summed E-state index contributed by atoms with van der Waals surface area (Å²) in [6.45, 7) is 2.62. The highest BCUT2D eigenvalue weighted by molar-refractivity contribution is 7.12. The molecule has 0 aliphatic heterocycles. The topological polar surface area (TPSA) is 59.4 Å². The third kappa shape index (κ3) is 2.34. The molecule has 20 heavy (non-hydrogen) atoms. The number of carbonyl (C=O) groups excluding carboxylic acids is 1. The molecular weight excluding hydrogens is 274 g/mol. The molecule has 0 bridgehead atoms. The second-order valence-electron chi connectivity index (χ2n) is 4.77. The van der Waals surface area contributed by atoms with Crippen molar-refractivity contribution in [2.24, 2.45) is 0 Å². The van der Waals surface area contributed by atoms with E-state index in [9.17, 15) is 9.90 Å². The maximum atomic E-state index is 11.2. The quantitative estimate of drug-likeness (QED) is 0.928. The van der Waals surface area contributed by atoms with Gasteiger partial charge in [0.05, 0.1) is 22.9 Å². The standard InChI is InChI=1S/C15H15NO3S/c1-2-19-11-3-4-12-13(9-11)20-14(16-12)15(18)7-5-10(17)6-8-15/h5-9,18H,2-4H2,1H3. The van der Waals surface area contributed by atoms with Crippen molar-refractivity contribution in [3.8, 4) is 0 Å². The zero-order valence-electron chi connectivity index (χ0n) is 11.1. The normalized spacial score (nSPS) is 19.7. The van der Waals surface area contributed by atoms with Crippen LogP contribution in [0.3, 0.4) is 0 Å². The predicted octanol–water partition coefficient (Wildman–Crippen LogP) is 2.35. The minimum absolute atomic E-state index is 0.116. The highest BCUT2D eigenvalue weighted by atomic mass is 32.1. The summed E-state index contributed by atoms with van der Waals surface area (Å²) < 4.78 is 5.54. The van der Waals surface area contributed by atoms with Gasteiger partial charge in [0, 0.05) is 6.42 Å². The molecular formula is C15H15NO3S. The summed E-state index contributed by atoms with van der Waals surface area (Å²) in [4.78, 5) is 16.7. The average molecular weight is 289 g/mol. The fourth-order valence-corrected chi connectivity index (χ4v) is 3.38. The van der Waals surface area contributed by atoms with Crippen LogP contribution < -0.4 is 0 Å². The molecule has 0 aromatic carbocycles. The van der Waals surface area contributed by atoms with Crippen LogP contribution in [0, 0.1) is 0 Å². The number of allylic oxidation sites excluding steroid dienone is 3. The molecule has 0 saturated heterocycles. The van der Waals surface area contributed by atoms with Crippen LogP contribution in [0.2, 0.25) is 0 Å². The molecule has 1 aromatic heterocycles. The molecule has 0 amide bonds. The van der Waals surface area contributed by atoms with Gasteiger partial charge in [-0.15, -0.1) is 11.3 Å². The van der Waals surface area contributed by atoms with E-state index in [1.165, 1.54) is 35.6 Å². The molecule has 1 N–H and O–H groups in total. The monoisotopic (exact) mass is 289 g/mol. The Labute approximate surface area is 121 Å². The number of nitrogens with zero attached hydrogens (tertiary/aromatic N) is 1. The maximum absolute atomic E-state index is 11.2. The number of ether oxygens (including phenoxy) is 1. The van der Waals surface area contributed by atoms with Crippen LogP contribution in [-0.4, -0.2) is 22.5 Å². The third-order valence-electron chi connectivity index (χ3n) is 3.30. The fraction of sp³-hybridized carbons (Fsp3) is 0.333. The molecule has 1 heterocycles. The number of aliphatic hydroxyl groups is 1. The summed E-state index contributed by atoms with van der Waals surface area (Å²) in [7, 11) is 0. The number of aryl methyl sites for hydroxylation is 1. The molecule has 104 valence electrons. The molecule has 0 radical (unpaired) electrons. The first kappa shape index (κ1) is 13.3. The molecule has 5 heteroatoms. The van der Waals surface area contributed by atoms with E-state index in [4.69, 9.17) is 4.74 Å². The van der Waals surface area contributed by atoms with Crippen LogP contribution in [-0.2, 0) is 21.6 Å². The number of thiazole rings is 1. The van der Waals surface area contributed by atoms with E-state index in [2.05, 4.69) is 4.98 Å². The molecule has 2 aliphatic rings. The number of fused-ring (bicyclic) bond motifs is 1. The van der Waals surface area contributed by atoms with Crippen LogP contribution in [0.4, 0.5) is 0 Å². The van der Waals surface area contributed by atoms with Gasteiger partial charge < -0.3 is 9.84 Å². The van der Waals surface area contributed by atoms with Gasteiger partial charge in [0.25, 0.3) is 0 Å². The summed E-state index contributed by atoms with van der Waals surface area (Å²) in [6, 6.07) is 0. The number of aromatic nitrogens is 1. The summed E-state index contributed by atoms with van der Waals surface area (Å²) >= 11 is 1.44.